The number of benzene rings is 2. The summed E-state index contributed by atoms with van der Waals surface area (Å²) in [6.45, 7) is 7.38. The Morgan fingerprint density at radius 2 is 1.71 bits per heavy atom. The SMILES string of the molecule is CCOc1cc(OCC)c(C)c(-c2c3ccccc3cc[n+]2C)c1. The molecule has 0 N–H and O–H groups in total. The van der Waals surface area contributed by atoms with Gasteiger partial charge in [0.2, 0.25) is 5.69 Å². The number of hydrogen-bond acceptors (Lipinski definition) is 2. The van der Waals surface area contributed by atoms with Crippen molar-refractivity contribution in [2.24, 2.45) is 7.05 Å². The molecular formula is C21H24NO2+. The molecule has 0 aliphatic heterocycles. The normalized spacial score (nSPS) is 10.8. The molecule has 124 valence electrons. The number of nitrogens with zero attached hydrogens (tertiary/aromatic N) is 1. The lowest BCUT2D eigenvalue weighted by Gasteiger charge is -2.15. The second-order valence-electron chi connectivity index (χ2n) is 5.82. The molecule has 24 heavy (non-hydrogen) atoms. The highest BCUT2D eigenvalue weighted by Crippen LogP contribution is 2.36. The Balaban J connectivity index is 2.31. The fourth-order valence-electron chi connectivity index (χ4n) is 3.11. The standard InChI is InChI=1S/C21H24NO2/c1-5-23-17-13-19(15(3)20(14-17)24-6-2)21-18-10-8-7-9-16(18)11-12-22(21)4/h7-14H,5-6H2,1-4H3/q+1. The van der Waals surface area contributed by atoms with Crippen LogP contribution in [0.15, 0.2) is 48.7 Å². The Kier molecular flexibility index (Phi) is 4.70. The van der Waals surface area contributed by atoms with Crippen molar-refractivity contribution >= 4 is 10.8 Å². The summed E-state index contributed by atoms with van der Waals surface area (Å²) in [6, 6.07) is 14.7. The molecule has 1 aromatic heterocycles. The third-order valence-electron chi connectivity index (χ3n) is 4.25. The molecule has 0 aliphatic carbocycles. The van der Waals surface area contributed by atoms with Crippen molar-refractivity contribution in [2.75, 3.05) is 13.2 Å². The lowest BCUT2D eigenvalue weighted by Crippen LogP contribution is -2.30. The van der Waals surface area contributed by atoms with Crippen molar-refractivity contribution in [3.63, 3.8) is 0 Å². The Labute approximate surface area is 143 Å². The van der Waals surface area contributed by atoms with Gasteiger partial charge in [0.15, 0.2) is 6.20 Å². The van der Waals surface area contributed by atoms with E-state index in [-0.39, 0.29) is 0 Å². The molecule has 0 saturated heterocycles. The summed E-state index contributed by atoms with van der Waals surface area (Å²) in [5.74, 6) is 1.72. The largest absolute Gasteiger partial charge is 0.494 e. The highest BCUT2D eigenvalue weighted by molar-refractivity contribution is 5.94. The molecule has 3 aromatic rings. The monoisotopic (exact) mass is 322 g/mol. The van der Waals surface area contributed by atoms with Crippen molar-refractivity contribution in [2.45, 2.75) is 20.8 Å². The summed E-state index contributed by atoms with van der Waals surface area (Å²) < 4.78 is 13.8. The minimum Gasteiger partial charge on any atom is -0.494 e. The molecule has 1 heterocycles. The van der Waals surface area contributed by atoms with Crippen LogP contribution < -0.4 is 14.0 Å². The fraction of sp³-hybridized carbons (Fsp3) is 0.286. The zero-order chi connectivity index (χ0) is 17.1. The summed E-state index contributed by atoms with van der Waals surface area (Å²) >= 11 is 0. The lowest BCUT2D eigenvalue weighted by atomic mass is 9.98. The lowest BCUT2D eigenvalue weighted by molar-refractivity contribution is -0.659. The van der Waals surface area contributed by atoms with Gasteiger partial charge in [0.1, 0.15) is 18.5 Å². The molecular weight excluding hydrogens is 298 g/mol. The van der Waals surface area contributed by atoms with Gasteiger partial charge in [-0.25, -0.2) is 4.57 Å². The first-order valence-corrected chi connectivity index (χ1v) is 8.43. The van der Waals surface area contributed by atoms with Gasteiger partial charge < -0.3 is 9.47 Å². The van der Waals surface area contributed by atoms with E-state index in [2.05, 4.69) is 61.1 Å². The number of pyridine rings is 1. The Morgan fingerprint density at radius 1 is 0.958 bits per heavy atom. The Bertz CT molecular complexity index is 871. The molecule has 0 bridgehead atoms. The summed E-state index contributed by atoms with van der Waals surface area (Å²) in [7, 11) is 2.08. The van der Waals surface area contributed by atoms with Crippen LogP contribution in [-0.2, 0) is 7.05 Å². The van der Waals surface area contributed by atoms with Gasteiger partial charge in [-0.05, 0) is 38.3 Å². The fourth-order valence-corrected chi connectivity index (χ4v) is 3.11. The molecule has 3 rings (SSSR count). The molecule has 0 amide bonds. The number of hydrogen-bond donors (Lipinski definition) is 0. The van der Waals surface area contributed by atoms with Crippen LogP contribution in [0.1, 0.15) is 19.4 Å². The van der Waals surface area contributed by atoms with Crippen molar-refractivity contribution < 1.29 is 14.0 Å². The molecule has 0 fully saturated rings. The van der Waals surface area contributed by atoms with E-state index in [0.29, 0.717) is 13.2 Å². The number of ether oxygens (including phenoxy) is 2. The smallest absolute Gasteiger partial charge is 0.220 e. The minimum atomic E-state index is 0.635. The van der Waals surface area contributed by atoms with Gasteiger partial charge in [-0.2, -0.15) is 0 Å². The van der Waals surface area contributed by atoms with Crippen molar-refractivity contribution in [3.8, 4) is 22.8 Å². The molecule has 0 spiro atoms. The maximum Gasteiger partial charge on any atom is 0.220 e. The van der Waals surface area contributed by atoms with Crippen LogP contribution in [0.4, 0.5) is 0 Å². The predicted octanol–water partition coefficient (Wildman–Crippen LogP) is 4.44. The predicted molar refractivity (Wildman–Crippen MR) is 97.6 cm³/mol. The first kappa shape index (κ1) is 16.3. The zero-order valence-electron chi connectivity index (χ0n) is 14.8. The van der Waals surface area contributed by atoms with Crippen LogP contribution in [0.5, 0.6) is 11.5 Å². The van der Waals surface area contributed by atoms with E-state index in [1.54, 1.807) is 0 Å². The van der Waals surface area contributed by atoms with Gasteiger partial charge in [-0.1, -0.05) is 18.2 Å². The van der Waals surface area contributed by atoms with E-state index in [0.717, 1.165) is 22.6 Å². The number of aryl methyl sites for hydroxylation is 1. The van der Waals surface area contributed by atoms with Gasteiger partial charge in [0.05, 0.1) is 24.2 Å². The molecule has 0 aliphatic rings. The average molecular weight is 322 g/mol. The van der Waals surface area contributed by atoms with Crippen LogP contribution >= 0.6 is 0 Å². The van der Waals surface area contributed by atoms with Crippen LogP contribution in [-0.4, -0.2) is 13.2 Å². The topological polar surface area (TPSA) is 22.3 Å². The van der Waals surface area contributed by atoms with Crippen molar-refractivity contribution in [3.05, 3.63) is 54.2 Å². The molecule has 0 unspecified atom stereocenters. The van der Waals surface area contributed by atoms with Gasteiger partial charge in [-0.15, -0.1) is 0 Å². The Hall–Kier alpha value is -2.55. The van der Waals surface area contributed by atoms with E-state index in [4.69, 9.17) is 9.47 Å². The summed E-state index contributed by atoms with van der Waals surface area (Å²) in [4.78, 5) is 0. The minimum absolute atomic E-state index is 0.635. The first-order valence-electron chi connectivity index (χ1n) is 8.43. The van der Waals surface area contributed by atoms with E-state index < -0.39 is 0 Å². The third kappa shape index (κ3) is 2.94. The molecule has 0 saturated carbocycles. The maximum absolute atomic E-state index is 5.85. The summed E-state index contributed by atoms with van der Waals surface area (Å²) in [5, 5.41) is 2.45. The van der Waals surface area contributed by atoms with Crippen molar-refractivity contribution in [1.29, 1.82) is 0 Å². The first-order chi connectivity index (χ1) is 11.7. The highest BCUT2D eigenvalue weighted by atomic mass is 16.5. The van der Waals surface area contributed by atoms with E-state index in [1.807, 2.05) is 19.9 Å². The van der Waals surface area contributed by atoms with Crippen molar-refractivity contribution in [1.82, 2.24) is 0 Å². The highest BCUT2D eigenvalue weighted by Gasteiger charge is 2.20. The van der Waals surface area contributed by atoms with Crippen LogP contribution in [0.3, 0.4) is 0 Å². The molecule has 2 aromatic carbocycles. The van der Waals surface area contributed by atoms with Gasteiger partial charge in [0.25, 0.3) is 0 Å². The Morgan fingerprint density at radius 3 is 2.46 bits per heavy atom. The average Bonchev–Trinajstić information content (AvgIpc) is 2.58. The molecule has 0 radical (unpaired) electrons. The van der Waals surface area contributed by atoms with E-state index in [9.17, 15) is 0 Å². The van der Waals surface area contributed by atoms with Crippen LogP contribution in [0.2, 0.25) is 0 Å². The third-order valence-corrected chi connectivity index (χ3v) is 4.25. The van der Waals surface area contributed by atoms with Crippen LogP contribution in [0, 0.1) is 6.92 Å². The van der Waals surface area contributed by atoms with E-state index in [1.165, 1.54) is 16.5 Å². The summed E-state index contributed by atoms with van der Waals surface area (Å²) in [5.41, 5.74) is 3.45. The number of fused-ring (bicyclic) bond motifs is 1. The molecule has 3 heteroatoms. The summed E-state index contributed by atoms with van der Waals surface area (Å²) in [6.07, 6.45) is 2.10. The molecule has 3 nitrogen and oxygen atoms in total. The maximum atomic E-state index is 5.85. The van der Waals surface area contributed by atoms with Gasteiger partial charge in [0, 0.05) is 17.7 Å². The molecule has 0 atom stereocenters. The van der Waals surface area contributed by atoms with Gasteiger partial charge in [-0.3, -0.25) is 0 Å². The number of aromatic nitrogens is 1. The number of rotatable bonds is 5. The van der Waals surface area contributed by atoms with Crippen LogP contribution in [0.25, 0.3) is 22.0 Å². The van der Waals surface area contributed by atoms with E-state index >= 15 is 0 Å². The quantitative estimate of drug-likeness (QED) is 0.648. The zero-order valence-corrected chi connectivity index (χ0v) is 14.8. The second kappa shape index (κ2) is 6.91. The van der Waals surface area contributed by atoms with Gasteiger partial charge >= 0.3 is 0 Å². The second-order valence-corrected chi connectivity index (χ2v) is 5.82.